The zero-order chi connectivity index (χ0) is 17.6. The summed E-state index contributed by atoms with van der Waals surface area (Å²) in [5, 5.41) is 12.2. The lowest BCUT2D eigenvalue weighted by Crippen LogP contribution is -2.35. The van der Waals surface area contributed by atoms with Gasteiger partial charge in [0.2, 0.25) is 5.91 Å². The molecule has 0 spiro atoms. The highest BCUT2D eigenvalue weighted by Crippen LogP contribution is 2.20. The molecular formula is C18H19N5O2. The number of nitrogens with zero attached hydrogens (tertiary/aromatic N) is 4. The molecule has 1 aliphatic rings. The number of aromatic nitrogens is 4. The molecule has 7 nitrogen and oxygen atoms in total. The third-order valence-corrected chi connectivity index (χ3v) is 4.41. The molecule has 1 N–H and O–H groups in total. The van der Waals surface area contributed by atoms with Gasteiger partial charge in [0.25, 0.3) is 5.56 Å². The Morgan fingerprint density at radius 1 is 1.20 bits per heavy atom. The number of hydrogen-bond donors (Lipinski definition) is 1. The van der Waals surface area contributed by atoms with E-state index >= 15 is 0 Å². The predicted molar refractivity (Wildman–Crippen MR) is 93.8 cm³/mol. The summed E-state index contributed by atoms with van der Waals surface area (Å²) in [7, 11) is 0. The zero-order valence-corrected chi connectivity index (χ0v) is 14.2. The Labute approximate surface area is 144 Å². The smallest absolute Gasteiger partial charge is 0.278 e. The molecule has 1 saturated carbocycles. The van der Waals surface area contributed by atoms with Crippen LogP contribution in [0.1, 0.15) is 24.2 Å². The van der Waals surface area contributed by atoms with Gasteiger partial charge in [0.15, 0.2) is 0 Å². The van der Waals surface area contributed by atoms with Crippen LogP contribution in [0.25, 0.3) is 16.6 Å². The second kappa shape index (κ2) is 5.84. The molecule has 7 heteroatoms. The van der Waals surface area contributed by atoms with E-state index in [0.717, 1.165) is 24.2 Å². The minimum atomic E-state index is -0.286. The molecule has 0 saturated heterocycles. The molecule has 1 fully saturated rings. The fraction of sp³-hybridized carbons (Fsp3) is 0.333. The summed E-state index contributed by atoms with van der Waals surface area (Å²) in [6.45, 7) is 3.60. The molecule has 0 radical (unpaired) electrons. The maximum atomic E-state index is 12.9. The second-order valence-corrected chi connectivity index (χ2v) is 6.45. The van der Waals surface area contributed by atoms with Crippen LogP contribution in [-0.4, -0.2) is 31.5 Å². The SMILES string of the molecule is Cc1nn(CC(=O)NC2CC2)c(=O)c2c(C)n(-c3ccccc3)nc12. The highest BCUT2D eigenvalue weighted by molar-refractivity contribution is 5.83. The van der Waals surface area contributed by atoms with Gasteiger partial charge in [0, 0.05) is 6.04 Å². The third-order valence-electron chi connectivity index (χ3n) is 4.41. The highest BCUT2D eigenvalue weighted by Gasteiger charge is 2.24. The van der Waals surface area contributed by atoms with Crippen LogP contribution in [0.5, 0.6) is 0 Å². The third kappa shape index (κ3) is 2.82. The number of amides is 1. The zero-order valence-electron chi connectivity index (χ0n) is 14.2. The van der Waals surface area contributed by atoms with Crippen LogP contribution >= 0.6 is 0 Å². The first-order valence-electron chi connectivity index (χ1n) is 8.36. The van der Waals surface area contributed by atoms with Gasteiger partial charge in [-0.15, -0.1) is 0 Å². The number of carbonyl (C=O) groups is 1. The summed E-state index contributed by atoms with van der Waals surface area (Å²) in [5.74, 6) is -0.177. The fourth-order valence-corrected chi connectivity index (χ4v) is 2.98. The van der Waals surface area contributed by atoms with Crippen LogP contribution in [0, 0.1) is 13.8 Å². The molecule has 0 atom stereocenters. The van der Waals surface area contributed by atoms with E-state index in [-0.39, 0.29) is 24.1 Å². The quantitative estimate of drug-likeness (QED) is 0.782. The number of hydrogen-bond acceptors (Lipinski definition) is 4. The summed E-state index contributed by atoms with van der Waals surface area (Å²) >= 11 is 0. The second-order valence-electron chi connectivity index (χ2n) is 6.45. The molecule has 4 rings (SSSR count). The molecule has 0 unspecified atom stereocenters. The first kappa shape index (κ1) is 15.6. The Balaban J connectivity index is 1.80. The number of rotatable bonds is 4. The first-order chi connectivity index (χ1) is 12.0. The van der Waals surface area contributed by atoms with Crippen LogP contribution in [0.4, 0.5) is 0 Å². The van der Waals surface area contributed by atoms with E-state index in [1.807, 2.05) is 37.3 Å². The van der Waals surface area contributed by atoms with Gasteiger partial charge in [-0.05, 0) is 38.8 Å². The van der Waals surface area contributed by atoms with Gasteiger partial charge >= 0.3 is 0 Å². The van der Waals surface area contributed by atoms with E-state index < -0.39 is 0 Å². The summed E-state index contributed by atoms with van der Waals surface area (Å²) < 4.78 is 2.98. The molecule has 1 aliphatic carbocycles. The Morgan fingerprint density at radius 2 is 1.92 bits per heavy atom. The summed E-state index contributed by atoms with van der Waals surface area (Å²) in [6.07, 6.45) is 2.02. The van der Waals surface area contributed by atoms with Crippen molar-refractivity contribution in [3.63, 3.8) is 0 Å². The van der Waals surface area contributed by atoms with E-state index in [4.69, 9.17) is 0 Å². The number of carbonyl (C=O) groups excluding carboxylic acids is 1. The minimum Gasteiger partial charge on any atom is -0.352 e. The van der Waals surface area contributed by atoms with E-state index in [2.05, 4.69) is 15.5 Å². The van der Waals surface area contributed by atoms with Gasteiger partial charge in [-0.3, -0.25) is 9.59 Å². The average Bonchev–Trinajstić information content (AvgIpc) is 3.33. The van der Waals surface area contributed by atoms with Gasteiger partial charge in [0.1, 0.15) is 12.1 Å². The van der Waals surface area contributed by atoms with Crippen LogP contribution in [0.2, 0.25) is 0 Å². The van der Waals surface area contributed by atoms with Crippen molar-refractivity contribution in [3.05, 3.63) is 52.1 Å². The maximum Gasteiger partial charge on any atom is 0.278 e. The van der Waals surface area contributed by atoms with Crippen molar-refractivity contribution in [2.45, 2.75) is 39.3 Å². The molecular weight excluding hydrogens is 318 g/mol. The lowest BCUT2D eigenvalue weighted by Gasteiger charge is -2.07. The van der Waals surface area contributed by atoms with Gasteiger partial charge in [-0.2, -0.15) is 10.2 Å². The number of fused-ring (bicyclic) bond motifs is 1. The molecule has 0 aliphatic heterocycles. The van der Waals surface area contributed by atoms with Crippen molar-refractivity contribution < 1.29 is 4.79 Å². The van der Waals surface area contributed by atoms with Gasteiger partial charge in [0.05, 0.1) is 22.5 Å². The molecule has 2 heterocycles. The topological polar surface area (TPSA) is 81.8 Å². The molecule has 25 heavy (non-hydrogen) atoms. The van der Waals surface area contributed by atoms with E-state index in [1.165, 1.54) is 4.68 Å². The molecule has 1 amide bonds. The van der Waals surface area contributed by atoms with Crippen molar-refractivity contribution in [1.82, 2.24) is 24.9 Å². The lowest BCUT2D eigenvalue weighted by atomic mass is 10.2. The normalized spacial score (nSPS) is 14.0. The van der Waals surface area contributed by atoms with Crippen molar-refractivity contribution in [1.29, 1.82) is 0 Å². The summed E-state index contributed by atoms with van der Waals surface area (Å²) in [4.78, 5) is 24.9. The summed E-state index contributed by atoms with van der Waals surface area (Å²) in [6, 6.07) is 9.90. The Kier molecular flexibility index (Phi) is 3.63. The van der Waals surface area contributed by atoms with Crippen LogP contribution in [0.15, 0.2) is 35.1 Å². The van der Waals surface area contributed by atoms with E-state index in [9.17, 15) is 9.59 Å². The standard InChI is InChI=1S/C18H19N5O2/c1-11-17-16(12(2)23(21-17)14-6-4-3-5-7-14)18(25)22(20-11)10-15(24)19-13-8-9-13/h3-7,13H,8-10H2,1-2H3,(H,19,24). The molecule has 0 bridgehead atoms. The van der Waals surface area contributed by atoms with Gasteiger partial charge < -0.3 is 5.32 Å². The van der Waals surface area contributed by atoms with Gasteiger partial charge in [-0.25, -0.2) is 9.36 Å². The van der Waals surface area contributed by atoms with Crippen LogP contribution < -0.4 is 10.9 Å². The van der Waals surface area contributed by atoms with Crippen LogP contribution in [-0.2, 0) is 11.3 Å². The molecule has 3 aromatic rings. The van der Waals surface area contributed by atoms with Crippen molar-refractivity contribution in [2.24, 2.45) is 0 Å². The fourth-order valence-electron chi connectivity index (χ4n) is 2.98. The van der Waals surface area contributed by atoms with Crippen molar-refractivity contribution in [3.8, 4) is 5.69 Å². The van der Waals surface area contributed by atoms with Gasteiger partial charge in [-0.1, -0.05) is 18.2 Å². The van der Waals surface area contributed by atoms with Crippen LogP contribution in [0.3, 0.4) is 0 Å². The lowest BCUT2D eigenvalue weighted by molar-refractivity contribution is -0.122. The molecule has 2 aromatic heterocycles. The number of benzene rings is 1. The van der Waals surface area contributed by atoms with E-state index in [0.29, 0.717) is 16.6 Å². The Bertz CT molecular complexity index is 1020. The summed E-state index contributed by atoms with van der Waals surface area (Å²) in [5.41, 5.74) is 2.55. The number of para-hydroxylation sites is 1. The predicted octanol–water partition coefficient (Wildman–Crippen LogP) is 1.48. The first-order valence-corrected chi connectivity index (χ1v) is 8.36. The maximum absolute atomic E-state index is 12.9. The average molecular weight is 337 g/mol. The Hall–Kier alpha value is -2.96. The van der Waals surface area contributed by atoms with E-state index in [1.54, 1.807) is 11.6 Å². The molecule has 128 valence electrons. The monoisotopic (exact) mass is 337 g/mol. The van der Waals surface area contributed by atoms with Crippen molar-refractivity contribution >= 4 is 16.8 Å². The van der Waals surface area contributed by atoms with Crippen molar-refractivity contribution in [2.75, 3.05) is 0 Å². The molecule has 1 aromatic carbocycles. The largest absolute Gasteiger partial charge is 0.352 e. The number of aryl methyl sites for hydroxylation is 2. The number of nitrogens with one attached hydrogen (secondary N) is 1. The minimum absolute atomic E-state index is 0.0674. The Morgan fingerprint density at radius 3 is 2.60 bits per heavy atom. The highest BCUT2D eigenvalue weighted by atomic mass is 16.2.